The largest absolute Gasteiger partial charge is 0.573 e. The number of aromatic nitrogens is 2. The van der Waals surface area contributed by atoms with Gasteiger partial charge in [0.05, 0.1) is 11.3 Å². The van der Waals surface area contributed by atoms with Gasteiger partial charge in [-0.1, -0.05) is 24.3 Å². The minimum absolute atomic E-state index is 0.00127. The number of para-hydroxylation sites is 1. The van der Waals surface area contributed by atoms with Crippen LogP contribution in [-0.2, 0) is 16.1 Å². The lowest BCUT2D eigenvalue weighted by Gasteiger charge is -2.42. The molecule has 2 atom stereocenters. The van der Waals surface area contributed by atoms with E-state index in [0.717, 1.165) is 24.6 Å². The number of benzene rings is 2. The van der Waals surface area contributed by atoms with Crippen molar-refractivity contribution in [2.45, 2.75) is 69.4 Å². The maximum absolute atomic E-state index is 14.2. The number of carbonyl (C=O) groups is 2. The molecular formula is C30H29F5N6O3. The topological polar surface area (TPSA) is 115 Å². The Hall–Kier alpha value is -4.49. The molecule has 2 amide bonds. The summed E-state index contributed by atoms with van der Waals surface area (Å²) in [6, 6.07) is 12.4. The molecule has 1 aliphatic carbocycles. The molecule has 3 heterocycles. The molecule has 2 fully saturated rings. The Balaban J connectivity index is 1.29. The summed E-state index contributed by atoms with van der Waals surface area (Å²) in [6.45, 7) is 1.97. The number of nitrogens with two attached hydrogens (primary N) is 1. The van der Waals surface area contributed by atoms with Crippen LogP contribution in [0.3, 0.4) is 0 Å². The summed E-state index contributed by atoms with van der Waals surface area (Å²) >= 11 is 0. The van der Waals surface area contributed by atoms with E-state index in [-0.39, 0.29) is 42.7 Å². The van der Waals surface area contributed by atoms with Gasteiger partial charge in [0, 0.05) is 36.2 Å². The number of ether oxygens (including phenoxy) is 1. The third-order valence-corrected chi connectivity index (χ3v) is 8.24. The number of carbonyl (C=O) groups excluding carboxylic acids is 2. The third-order valence-electron chi connectivity index (χ3n) is 8.24. The minimum atomic E-state index is -4.92. The molecule has 2 aromatic carbocycles. The Morgan fingerprint density at radius 1 is 1.18 bits per heavy atom. The molecule has 3 N–H and O–H groups in total. The molecule has 1 saturated carbocycles. The Labute approximate surface area is 248 Å². The smallest absolute Gasteiger partial charge is 0.405 e. The highest BCUT2D eigenvalue weighted by molar-refractivity contribution is 6.16. The first-order valence-electron chi connectivity index (χ1n) is 14.2. The van der Waals surface area contributed by atoms with Gasteiger partial charge < -0.3 is 20.7 Å². The number of hydrogen-bond donors (Lipinski definition) is 2. The number of hydrogen-bond acceptors (Lipinski definition) is 6. The van der Waals surface area contributed by atoms with E-state index >= 15 is 0 Å². The van der Waals surface area contributed by atoms with E-state index in [2.05, 4.69) is 20.1 Å². The van der Waals surface area contributed by atoms with E-state index in [1.807, 2.05) is 17.9 Å². The van der Waals surface area contributed by atoms with E-state index in [1.165, 1.54) is 22.9 Å². The van der Waals surface area contributed by atoms with Gasteiger partial charge in [0.25, 0.3) is 12.3 Å². The Morgan fingerprint density at radius 3 is 2.59 bits per heavy atom. The second-order valence-corrected chi connectivity index (χ2v) is 11.4. The monoisotopic (exact) mass is 616 g/mol. The predicted octanol–water partition coefficient (Wildman–Crippen LogP) is 5.05. The number of piperidine rings is 1. The van der Waals surface area contributed by atoms with E-state index in [9.17, 15) is 31.5 Å². The summed E-state index contributed by atoms with van der Waals surface area (Å²) in [5, 5.41) is 6.73. The fourth-order valence-corrected chi connectivity index (χ4v) is 6.26. The van der Waals surface area contributed by atoms with E-state index in [4.69, 9.17) is 5.73 Å². The van der Waals surface area contributed by atoms with Crippen molar-refractivity contribution in [3.8, 4) is 16.9 Å². The third kappa shape index (κ3) is 5.60. The summed E-state index contributed by atoms with van der Waals surface area (Å²) in [6.07, 6.45) is -5.66. The molecule has 1 aromatic heterocycles. The molecule has 14 heteroatoms. The van der Waals surface area contributed by atoms with E-state index < -0.39 is 41.6 Å². The van der Waals surface area contributed by atoms with Crippen LogP contribution < -0.4 is 20.7 Å². The Morgan fingerprint density at radius 2 is 1.93 bits per heavy atom. The molecule has 0 unspecified atom stereocenters. The molecule has 6 rings (SSSR count). The van der Waals surface area contributed by atoms with Crippen LogP contribution >= 0.6 is 0 Å². The number of amides is 2. The first-order chi connectivity index (χ1) is 20.8. The van der Waals surface area contributed by atoms with Crippen LogP contribution in [0.15, 0.2) is 53.5 Å². The number of halogens is 5. The molecule has 44 heavy (non-hydrogen) atoms. The molecule has 3 aliphatic rings. The lowest BCUT2D eigenvalue weighted by atomic mass is 9.83. The number of aliphatic imine (C=N–C) groups is 1. The summed E-state index contributed by atoms with van der Waals surface area (Å²) in [4.78, 5) is 31.5. The lowest BCUT2D eigenvalue weighted by molar-refractivity contribution is -0.274. The predicted molar refractivity (Wildman–Crippen MR) is 150 cm³/mol. The molecular weight excluding hydrogens is 587 g/mol. The van der Waals surface area contributed by atoms with Crippen LogP contribution in [0.5, 0.6) is 5.75 Å². The molecule has 2 aliphatic heterocycles. The highest BCUT2D eigenvalue weighted by Gasteiger charge is 2.49. The van der Waals surface area contributed by atoms with Crippen molar-refractivity contribution in [3.05, 3.63) is 65.5 Å². The highest BCUT2D eigenvalue weighted by atomic mass is 19.4. The molecule has 0 bridgehead atoms. The summed E-state index contributed by atoms with van der Waals surface area (Å²) in [5.41, 5.74) is 5.94. The zero-order valence-corrected chi connectivity index (χ0v) is 23.6. The SMILES string of the molecule is C[C@H]1C[C@@]2(CCN1c1cccc(-c3c(C(F)F)nn(CC(N)=O)c3C3CC3)c1)N=C(c1ccccc1OC(F)(F)F)NC2=O. The zero-order valence-electron chi connectivity index (χ0n) is 23.6. The van der Waals surface area contributed by atoms with Gasteiger partial charge in [0.1, 0.15) is 29.4 Å². The summed E-state index contributed by atoms with van der Waals surface area (Å²) in [5.74, 6) is -1.54. The van der Waals surface area contributed by atoms with Gasteiger partial charge in [0.2, 0.25) is 5.91 Å². The van der Waals surface area contributed by atoms with Gasteiger partial charge in [-0.15, -0.1) is 13.2 Å². The van der Waals surface area contributed by atoms with E-state index in [1.54, 1.807) is 18.2 Å². The van der Waals surface area contributed by atoms with Crippen molar-refractivity contribution in [2.75, 3.05) is 11.4 Å². The minimum Gasteiger partial charge on any atom is -0.405 e. The van der Waals surface area contributed by atoms with Crippen molar-refractivity contribution >= 4 is 23.3 Å². The second kappa shape index (κ2) is 10.9. The summed E-state index contributed by atoms with van der Waals surface area (Å²) in [7, 11) is 0. The fourth-order valence-electron chi connectivity index (χ4n) is 6.26. The molecule has 1 spiro atoms. The zero-order chi connectivity index (χ0) is 31.4. The van der Waals surface area contributed by atoms with Crippen molar-refractivity contribution in [1.82, 2.24) is 15.1 Å². The molecule has 0 radical (unpaired) electrons. The van der Waals surface area contributed by atoms with Crippen LogP contribution in [0.2, 0.25) is 0 Å². The first-order valence-corrected chi connectivity index (χ1v) is 14.2. The number of alkyl halides is 5. The fraction of sp³-hybridized carbons (Fsp3) is 0.400. The number of primary amides is 1. The standard InChI is InChI=1S/C30H29F5N6O3/c1-16-14-29(28(43)37-27(38-29)20-7-2-3-8-21(20)44-30(33,34)35)11-12-40(16)19-6-4-5-18(13-19)23-24(26(31)32)39-41(15-22(36)42)25(23)17-9-10-17/h2-8,13,16-17,26H,9-12,14-15H2,1H3,(H2,36,42)(H,37,38,43)/t16-,29+/m0/s1. The van der Waals surface area contributed by atoms with Gasteiger partial charge in [-0.3, -0.25) is 19.3 Å². The van der Waals surface area contributed by atoms with Gasteiger partial charge in [-0.05, 0) is 56.0 Å². The van der Waals surface area contributed by atoms with Gasteiger partial charge in [0.15, 0.2) is 0 Å². The summed E-state index contributed by atoms with van der Waals surface area (Å²) < 4.78 is 72.8. The Kier molecular flexibility index (Phi) is 7.33. The lowest BCUT2D eigenvalue weighted by Crippen LogP contribution is -2.53. The number of anilines is 1. The van der Waals surface area contributed by atoms with Crippen LogP contribution in [0.25, 0.3) is 11.1 Å². The number of rotatable bonds is 8. The van der Waals surface area contributed by atoms with Crippen molar-refractivity contribution in [3.63, 3.8) is 0 Å². The van der Waals surface area contributed by atoms with Gasteiger partial charge >= 0.3 is 6.36 Å². The average molecular weight is 617 g/mol. The highest BCUT2D eigenvalue weighted by Crippen LogP contribution is 2.48. The van der Waals surface area contributed by atoms with Gasteiger partial charge in [-0.2, -0.15) is 5.10 Å². The van der Waals surface area contributed by atoms with Crippen LogP contribution in [-0.4, -0.2) is 51.9 Å². The molecule has 232 valence electrons. The first kappa shape index (κ1) is 29.6. The van der Waals surface area contributed by atoms with E-state index in [0.29, 0.717) is 23.4 Å². The normalized spacial score (nSPS) is 22.0. The molecule has 1 saturated heterocycles. The number of nitrogens with one attached hydrogen (secondary N) is 1. The van der Waals surface area contributed by atoms with Crippen LogP contribution in [0.4, 0.5) is 27.6 Å². The maximum atomic E-state index is 14.2. The van der Waals surface area contributed by atoms with Crippen LogP contribution in [0.1, 0.15) is 61.9 Å². The molecule has 3 aromatic rings. The quantitative estimate of drug-likeness (QED) is 0.344. The van der Waals surface area contributed by atoms with Gasteiger partial charge in [-0.25, -0.2) is 8.78 Å². The Bertz CT molecular complexity index is 1650. The second-order valence-electron chi connectivity index (χ2n) is 11.4. The van der Waals surface area contributed by atoms with Crippen molar-refractivity contribution < 1.29 is 36.3 Å². The molecule has 9 nitrogen and oxygen atoms in total. The maximum Gasteiger partial charge on any atom is 0.573 e. The van der Waals surface area contributed by atoms with Crippen molar-refractivity contribution in [2.24, 2.45) is 10.7 Å². The average Bonchev–Trinajstić information content (AvgIpc) is 3.65. The van der Waals surface area contributed by atoms with Crippen molar-refractivity contribution in [1.29, 1.82) is 0 Å². The number of amidine groups is 1. The van der Waals surface area contributed by atoms with Crippen LogP contribution in [0, 0.1) is 0 Å². The number of nitrogens with zero attached hydrogens (tertiary/aromatic N) is 4.